The number of aliphatic carboxylic acids is 3. The summed E-state index contributed by atoms with van der Waals surface area (Å²) < 4.78 is 0. The molecule has 0 heterocycles. The number of hydrogen-bond acceptors (Lipinski definition) is 12. The van der Waals surface area contributed by atoms with E-state index >= 15 is 0 Å². The SMILES string of the molecule is CC(C)C[C@H](NC(=O)[C@H](C)NC(=O)[C@@H](NC(=O)[C@@H](N)CCC(=O)O)C(C)C)[C@@H](O)CC(=O)N[C@H](C(=O)N[C@@H](C)C(=O)N[C@@H](CCC(=O)O)C(=O)N[C@@H](Cc1ccccc1)C(=O)O)C(C)C. The maximum absolute atomic E-state index is 13.4. The fourth-order valence-electron chi connectivity index (χ4n) is 6.33. The molecule has 364 valence electrons. The van der Waals surface area contributed by atoms with Crippen LogP contribution in [0.2, 0.25) is 0 Å². The van der Waals surface area contributed by atoms with Crippen molar-refractivity contribution in [1.82, 2.24) is 37.2 Å². The second kappa shape index (κ2) is 27.9. The summed E-state index contributed by atoms with van der Waals surface area (Å²) in [7, 11) is 0. The molecule has 0 aliphatic heterocycles. The highest BCUT2D eigenvalue weighted by Crippen LogP contribution is 2.14. The van der Waals surface area contributed by atoms with Crippen molar-refractivity contribution in [3.63, 3.8) is 0 Å². The maximum atomic E-state index is 13.4. The number of benzene rings is 1. The van der Waals surface area contributed by atoms with E-state index in [1.165, 1.54) is 13.8 Å². The van der Waals surface area contributed by atoms with Crippen LogP contribution in [0.25, 0.3) is 0 Å². The standard InChI is InChI=1S/C43H68N8O14/c1-21(2)18-29(48-38(59)25(8)46-42(63)36(23(5)6)51-39(60)27(44)14-16-33(54)55)31(52)20-32(53)50-35(22(3)4)41(62)45-24(7)37(58)47-28(15-17-34(56)57)40(61)49-30(43(64)65)19-26-12-10-9-11-13-26/h9-13,21-25,27-31,35-36,52H,14-20,44H2,1-8H3,(H,45,62)(H,46,63)(H,47,58)(H,48,59)(H,49,61)(H,50,53)(H,51,60)(H,54,55)(H,56,57)(H,64,65)/t24-,25-,27-,28-,29-,30-,31-,35-,36-/m0/s1. The summed E-state index contributed by atoms with van der Waals surface area (Å²) in [5, 5.41) is 56.4. The molecular weight excluding hydrogens is 853 g/mol. The number of hydrogen-bond donors (Lipinski definition) is 12. The molecular formula is C43H68N8O14. The monoisotopic (exact) mass is 920 g/mol. The molecule has 22 heteroatoms. The van der Waals surface area contributed by atoms with E-state index in [4.69, 9.17) is 10.8 Å². The number of nitrogens with one attached hydrogen (secondary N) is 7. The molecule has 1 rings (SSSR count). The van der Waals surface area contributed by atoms with E-state index in [0.29, 0.717) is 5.56 Å². The number of carboxylic acid groups (broad SMARTS) is 3. The molecule has 65 heavy (non-hydrogen) atoms. The molecule has 0 aliphatic rings. The first-order chi connectivity index (χ1) is 30.2. The zero-order valence-electron chi connectivity index (χ0n) is 38.2. The lowest BCUT2D eigenvalue weighted by Gasteiger charge is -2.29. The van der Waals surface area contributed by atoms with Crippen LogP contribution >= 0.6 is 0 Å². The van der Waals surface area contributed by atoms with Crippen molar-refractivity contribution in [3.05, 3.63) is 35.9 Å². The van der Waals surface area contributed by atoms with Gasteiger partial charge in [-0.25, -0.2) is 4.79 Å². The van der Waals surface area contributed by atoms with Crippen LogP contribution in [0.3, 0.4) is 0 Å². The number of nitrogens with two attached hydrogens (primary N) is 1. The van der Waals surface area contributed by atoms with E-state index < -0.39 is 145 Å². The van der Waals surface area contributed by atoms with Gasteiger partial charge in [0, 0.05) is 19.3 Å². The maximum Gasteiger partial charge on any atom is 0.326 e. The minimum atomic E-state index is -1.50. The first-order valence-electron chi connectivity index (χ1n) is 21.5. The first kappa shape index (κ1) is 56.9. The number of carbonyl (C=O) groups excluding carboxylic acids is 7. The molecule has 0 fully saturated rings. The second-order valence-corrected chi connectivity index (χ2v) is 17.1. The first-order valence-corrected chi connectivity index (χ1v) is 21.5. The van der Waals surface area contributed by atoms with E-state index in [9.17, 15) is 63.3 Å². The minimum absolute atomic E-state index is 0.0979. The predicted octanol–water partition coefficient (Wildman–Crippen LogP) is -1.09. The van der Waals surface area contributed by atoms with E-state index in [1.54, 1.807) is 58.0 Å². The lowest BCUT2D eigenvalue weighted by Crippen LogP contribution is -2.58. The van der Waals surface area contributed by atoms with Crippen LogP contribution in [-0.2, 0) is 54.4 Å². The summed E-state index contributed by atoms with van der Waals surface area (Å²) in [5.74, 6) is -10.6. The molecule has 0 aliphatic carbocycles. The Kier molecular flexibility index (Phi) is 24.4. The van der Waals surface area contributed by atoms with Gasteiger partial charge < -0.3 is 63.4 Å². The molecule has 0 spiro atoms. The van der Waals surface area contributed by atoms with Crippen molar-refractivity contribution in [1.29, 1.82) is 0 Å². The van der Waals surface area contributed by atoms with E-state index in [0.717, 1.165) is 0 Å². The fourth-order valence-corrected chi connectivity index (χ4v) is 6.33. The molecule has 0 radical (unpaired) electrons. The van der Waals surface area contributed by atoms with Crippen LogP contribution < -0.4 is 43.0 Å². The Morgan fingerprint density at radius 2 is 1.03 bits per heavy atom. The Bertz CT molecular complexity index is 1810. The number of amides is 7. The highest BCUT2D eigenvalue weighted by atomic mass is 16.4. The lowest BCUT2D eigenvalue weighted by molar-refractivity contribution is -0.143. The van der Waals surface area contributed by atoms with Gasteiger partial charge in [0.05, 0.1) is 24.6 Å². The summed E-state index contributed by atoms with van der Waals surface area (Å²) in [6.45, 7) is 12.8. The molecule has 22 nitrogen and oxygen atoms in total. The van der Waals surface area contributed by atoms with Gasteiger partial charge in [0.25, 0.3) is 0 Å². The largest absolute Gasteiger partial charge is 0.481 e. The van der Waals surface area contributed by atoms with Crippen LogP contribution in [-0.4, -0.2) is 134 Å². The van der Waals surface area contributed by atoms with Crippen molar-refractivity contribution in [3.8, 4) is 0 Å². The van der Waals surface area contributed by atoms with Gasteiger partial charge in [0.15, 0.2) is 0 Å². The van der Waals surface area contributed by atoms with Gasteiger partial charge >= 0.3 is 17.9 Å². The molecule has 0 saturated heterocycles. The average Bonchev–Trinajstić information content (AvgIpc) is 3.21. The third kappa shape index (κ3) is 21.4. The third-order valence-electron chi connectivity index (χ3n) is 10.1. The third-order valence-corrected chi connectivity index (χ3v) is 10.1. The molecule has 9 atom stereocenters. The Balaban J connectivity index is 2.99. The van der Waals surface area contributed by atoms with Gasteiger partial charge in [0.1, 0.15) is 36.3 Å². The van der Waals surface area contributed by atoms with Crippen molar-refractivity contribution in [2.75, 3.05) is 0 Å². The number of rotatable bonds is 29. The Morgan fingerprint density at radius 3 is 1.51 bits per heavy atom. The normalized spacial score (nSPS) is 15.4. The fraction of sp³-hybridized carbons (Fsp3) is 0.628. The van der Waals surface area contributed by atoms with Crippen molar-refractivity contribution in [2.24, 2.45) is 23.5 Å². The van der Waals surface area contributed by atoms with Gasteiger partial charge in [0.2, 0.25) is 41.4 Å². The molecule has 0 unspecified atom stereocenters. The molecule has 7 amide bonds. The quantitative estimate of drug-likeness (QED) is 0.0455. The number of carbonyl (C=O) groups is 10. The molecule has 0 aromatic heterocycles. The van der Waals surface area contributed by atoms with Crippen LogP contribution in [0, 0.1) is 17.8 Å². The predicted molar refractivity (Wildman–Crippen MR) is 234 cm³/mol. The number of aliphatic hydroxyl groups is 1. The van der Waals surface area contributed by atoms with Crippen LogP contribution in [0.15, 0.2) is 30.3 Å². The van der Waals surface area contributed by atoms with E-state index in [2.05, 4.69) is 37.2 Å². The van der Waals surface area contributed by atoms with Crippen molar-refractivity contribution >= 4 is 59.3 Å². The molecule has 13 N–H and O–H groups in total. The van der Waals surface area contributed by atoms with Gasteiger partial charge in [-0.2, -0.15) is 0 Å². The summed E-state index contributed by atoms with van der Waals surface area (Å²) in [6, 6.07) is -1.60. The zero-order chi connectivity index (χ0) is 49.7. The van der Waals surface area contributed by atoms with Gasteiger partial charge in [-0.1, -0.05) is 71.9 Å². The minimum Gasteiger partial charge on any atom is -0.481 e. The molecule has 0 saturated carbocycles. The van der Waals surface area contributed by atoms with Gasteiger partial charge in [-0.15, -0.1) is 0 Å². The number of aliphatic hydroxyl groups excluding tert-OH is 1. The van der Waals surface area contributed by atoms with Crippen molar-refractivity contribution in [2.45, 2.75) is 155 Å². The summed E-state index contributed by atoms with van der Waals surface area (Å²) in [5.41, 5.74) is 6.38. The van der Waals surface area contributed by atoms with E-state index in [-0.39, 0.29) is 31.6 Å². The summed E-state index contributed by atoms with van der Waals surface area (Å²) >= 11 is 0. The molecule has 1 aromatic carbocycles. The molecule has 1 aromatic rings. The summed E-state index contributed by atoms with van der Waals surface area (Å²) in [4.78, 5) is 126. The van der Waals surface area contributed by atoms with Crippen LogP contribution in [0.5, 0.6) is 0 Å². The van der Waals surface area contributed by atoms with E-state index in [1.807, 2.05) is 13.8 Å². The van der Waals surface area contributed by atoms with Gasteiger partial charge in [-0.05, 0) is 56.4 Å². The Labute approximate surface area is 378 Å². The van der Waals surface area contributed by atoms with Crippen LogP contribution in [0.4, 0.5) is 0 Å². The average molecular weight is 921 g/mol. The zero-order valence-corrected chi connectivity index (χ0v) is 38.2. The number of carboxylic acids is 3. The van der Waals surface area contributed by atoms with Gasteiger partial charge in [-0.3, -0.25) is 43.2 Å². The topological polar surface area (TPSA) is 362 Å². The highest BCUT2D eigenvalue weighted by molar-refractivity contribution is 5.96. The molecule has 0 bridgehead atoms. The highest BCUT2D eigenvalue weighted by Gasteiger charge is 2.34. The Morgan fingerprint density at radius 1 is 0.554 bits per heavy atom. The lowest BCUT2D eigenvalue weighted by atomic mass is 9.96. The second-order valence-electron chi connectivity index (χ2n) is 17.1. The smallest absolute Gasteiger partial charge is 0.326 e. The Hall–Kier alpha value is -6.16. The van der Waals surface area contributed by atoms with Crippen LogP contribution in [0.1, 0.15) is 99.5 Å². The summed E-state index contributed by atoms with van der Waals surface area (Å²) in [6.07, 6.45) is -3.46. The van der Waals surface area contributed by atoms with Crippen molar-refractivity contribution < 1.29 is 68.4 Å².